The van der Waals surface area contributed by atoms with E-state index in [4.69, 9.17) is 19.9 Å². The van der Waals surface area contributed by atoms with Gasteiger partial charge in [-0.1, -0.05) is 32.8 Å². The van der Waals surface area contributed by atoms with Gasteiger partial charge in [0.1, 0.15) is 0 Å². The van der Waals surface area contributed by atoms with Crippen LogP contribution in [-0.4, -0.2) is 61.5 Å². The molecule has 0 aromatic carbocycles. The van der Waals surface area contributed by atoms with E-state index in [-0.39, 0.29) is 52.6 Å². The van der Waals surface area contributed by atoms with E-state index in [0.717, 1.165) is 51.4 Å². The van der Waals surface area contributed by atoms with Gasteiger partial charge in [-0.15, -0.1) is 0 Å². The number of carbonyl (C=O) groups excluding carboxylic acids is 1. The average molecular weight is 546 g/mol. The number of nitrogens with two attached hydrogens (primary N) is 1. The van der Waals surface area contributed by atoms with E-state index >= 15 is 0 Å². The lowest BCUT2D eigenvalue weighted by Crippen LogP contribution is -2.64. The molecule has 3 N–H and O–H groups in total. The number of ketones is 1. The van der Waals surface area contributed by atoms with Crippen LogP contribution in [0.1, 0.15) is 79.1 Å². The smallest absolute Gasteiger partial charge is 0.307 e. The molecule has 5 aliphatic rings. The number of methoxy groups -OCH3 is 1. The molecule has 7 nitrogen and oxygen atoms in total. The number of hydrogen-bond donors (Lipinski definition) is 2. The summed E-state index contributed by atoms with van der Waals surface area (Å²) >= 11 is 0. The van der Waals surface area contributed by atoms with Crippen LogP contribution >= 0.6 is 0 Å². The van der Waals surface area contributed by atoms with Gasteiger partial charge in [0.15, 0.2) is 5.78 Å². The molecule has 0 aromatic heterocycles. The zero-order chi connectivity index (χ0) is 28.1. The van der Waals surface area contributed by atoms with E-state index in [1.165, 1.54) is 5.57 Å². The van der Waals surface area contributed by atoms with Crippen LogP contribution in [0.25, 0.3) is 0 Å². The molecule has 0 radical (unpaired) electrons. The summed E-state index contributed by atoms with van der Waals surface area (Å²) in [6, 6.07) is 0. The third-order valence-corrected chi connectivity index (χ3v) is 11.2. The van der Waals surface area contributed by atoms with E-state index < -0.39 is 17.8 Å². The fraction of sp³-hybridized carbons (Fsp3) is 0.875. The van der Waals surface area contributed by atoms with E-state index in [9.17, 15) is 14.7 Å². The maximum atomic E-state index is 13.9. The van der Waals surface area contributed by atoms with Gasteiger partial charge < -0.3 is 25.1 Å². The summed E-state index contributed by atoms with van der Waals surface area (Å²) in [5, 5.41) is 10.3. The van der Waals surface area contributed by atoms with Crippen molar-refractivity contribution in [1.82, 2.24) is 0 Å². The summed E-state index contributed by atoms with van der Waals surface area (Å²) in [6.07, 6.45) is 9.19. The number of carboxylic acid groups (broad SMARTS) is 1. The maximum absolute atomic E-state index is 13.9. The molecule has 1 saturated heterocycles. The summed E-state index contributed by atoms with van der Waals surface area (Å²) in [4.78, 5) is 26.5. The van der Waals surface area contributed by atoms with Crippen molar-refractivity contribution in [2.75, 3.05) is 26.9 Å². The minimum atomic E-state index is -0.791. The van der Waals surface area contributed by atoms with Gasteiger partial charge in [0.2, 0.25) is 0 Å². The van der Waals surface area contributed by atoms with Crippen molar-refractivity contribution >= 4 is 11.8 Å². The lowest BCUT2D eigenvalue weighted by atomic mass is 9.45. The third-order valence-electron chi connectivity index (χ3n) is 11.2. The Morgan fingerprint density at radius 3 is 2.69 bits per heavy atom. The van der Waals surface area contributed by atoms with Crippen LogP contribution in [0.2, 0.25) is 0 Å². The van der Waals surface area contributed by atoms with Gasteiger partial charge in [0.25, 0.3) is 0 Å². The summed E-state index contributed by atoms with van der Waals surface area (Å²) in [5.41, 5.74) is 7.15. The number of hydrogen-bond acceptors (Lipinski definition) is 6. The summed E-state index contributed by atoms with van der Waals surface area (Å²) in [5.74, 6) is -0.310. The summed E-state index contributed by atoms with van der Waals surface area (Å²) in [7, 11) is 1.77. The Labute approximate surface area is 234 Å². The number of fused-ring (bicyclic) bond motifs is 3. The Morgan fingerprint density at radius 2 is 2.03 bits per heavy atom. The molecule has 11 atom stereocenters. The molecule has 8 unspecified atom stereocenters. The highest BCUT2D eigenvalue weighted by Gasteiger charge is 2.63. The standard InChI is InChI=1S/C32H51NO6/c1-6-11-31(4,33)16-39-29-22-15-38-17-32(14-26(29)37-5)23(22)10-9-20-21-8-7-19(12-18(2)3)27(30(35)36)28(21)25(34)13-24(20)32/h13,18-23,26-29H,6-12,14-17,33H2,1-5H3,(H,35,36)/t19?,20?,21?,22?,23?,26-,27?,28?,29-,31?,32-/m1/s1. The van der Waals surface area contributed by atoms with Crippen LogP contribution in [0.15, 0.2) is 11.6 Å². The van der Waals surface area contributed by atoms with Gasteiger partial charge in [-0.25, -0.2) is 0 Å². The molecule has 0 amide bonds. The monoisotopic (exact) mass is 545 g/mol. The zero-order valence-corrected chi connectivity index (χ0v) is 24.7. The molecule has 4 aliphatic carbocycles. The van der Waals surface area contributed by atoms with Gasteiger partial charge in [-0.05, 0) is 87.5 Å². The van der Waals surface area contributed by atoms with Gasteiger partial charge in [-0.3, -0.25) is 9.59 Å². The SMILES string of the molecule is CCCC(C)(N)CO[C@@H]1C2COC[C@@]3(C[C@H]1OC)C1=CC(=O)C4C(CCC(CC(C)C)C4C(=O)O)C1CCC23. The van der Waals surface area contributed by atoms with Gasteiger partial charge in [-0.2, -0.15) is 0 Å². The second kappa shape index (κ2) is 11.2. The summed E-state index contributed by atoms with van der Waals surface area (Å²) < 4.78 is 19.0. The number of allylic oxidation sites excluding steroid dienone is 1. The summed E-state index contributed by atoms with van der Waals surface area (Å²) in [6.45, 7) is 10.2. The third kappa shape index (κ3) is 5.15. The van der Waals surface area contributed by atoms with Crippen molar-refractivity contribution in [3.05, 3.63) is 11.6 Å². The number of rotatable bonds is 9. The van der Waals surface area contributed by atoms with Crippen molar-refractivity contribution in [2.24, 2.45) is 58.5 Å². The van der Waals surface area contributed by atoms with Gasteiger partial charge in [0.05, 0.1) is 37.9 Å². The highest BCUT2D eigenvalue weighted by Crippen LogP contribution is 2.64. The second-order valence-electron chi connectivity index (χ2n) is 14.3. The van der Waals surface area contributed by atoms with Gasteiger partial charge >= 0.3 is 5.97 Å². The molecule has 0 spiro atoms. The molecule has 0 aromatic rings. The Balaban J connectivity index is 1.45. The average Bonchev–Trinajstić information content (AvgIpc) is 2.86. The molecule has 1 heterocycles. The molecule has 220 valence electrons. The fourth-order valence-electron chi connectivity index (χ4n) is 9.80. The van der Waals surface area contributed by atoms with Crippen LogP contribution in [-0.2, 0) is 23.8 Å². The Bertz CT molecular complexity index is 960. The fourth-order valence-corrected chi connectivity index (χ4v) is 9.80. The quantitative estimate of drug-likeness (QED) is 0.426. The van der Waals surface area contributed by atoms with Crippen molar-refractivity contribution in [2.45, 2.75) is 96.8 Å². The van der Waals surface area contributed by atoms with Crippen molar-refractivity contribution < 1.29 is 28.9 Å². The normalized spacial score (nSPS) is 43.1. The number of ether oxygens (including phenoxy) is 3. The number of carboxylic acids is 1. The minimum absolute atomic E-state index is 0.0371. The first-order chi connectivity index (χ1) is 18.5. The predicted octanol–water partition coefficient (Wildman–Crippen LogP) is 4.87. The molecule has 39 heavy (non-hydrogen) atoms. The van der Waals surface area contributed by atoms with Crippen LogP contribution < -0.4 is 5.73 Å². The van der Waals surface area contributed by atoms with Crippen LogP contribution in [0.4, 0.5) is 0 Å². The molecular formula is C32H51NO6. The number of aliphatic carboxylic acids is 1. The predicted molar refractivity (Wildman–Crippen MR) is 149 cm³/mol. The first kappa shape index (κ1) is 29.2. The molecule has 4 fully saturated rings. The van der Waals surface area contributed by atoms with E-state index in [1.54, 1.807) is 7.11 Å². The molecule has 7 heteroatoms. The maximum Gasteiger partial charge on any atom is 0.307 e. The highest BCUT2D eigenvalue weighted by atomic mass is 16.5. The zero-order valence-electron chi connectivity index (χ0n) is 24.7. The first-order valence-electron chi connectivity index (χ1n) is 15.5. The lowest BCUT2D eigenvalue weighted by molar-refractivity contribution is -0.223. The topological polar surface area (TPSA) is 108 Å². The Morgan fingerprint density at radius 1 is 1.26 bits per heavy atom. The highest BCUT2D eigenvalue weighted by molar-refractivity contribution is 5.97. The largest absolute Gasteiger partial charge is 0.481 e. The van der Waals surface area contributed by atoms with E-state index in [2.05, 4.69) is 27.7 Å². The lowest BCUT2D eigenvalue weighted by Gasteiger charge is -2.63. The Kier molecular flexibility index (Phi) is 8.38. The molecule has 3 saturated carbocycles. The molecule has 1 aliphatic heterocycles. The molecule has 5 rings (SSSR count). The van der Waals surface area contributed by atoms with E-state index in [0.29, 0.717) is 31.7 Å². The Hall–Kier alpha value is -1.28. The van der Waals surface area contributed by atoms with Crippen LogP contribution in [0, 0.1) is 52.8 Å². The van der Waals surface area contributed by atoms with Crippen molar-refractivity contribution in [3.63, 3.8) is 0 Å². The number of carbonyl (C=O) groups is 2. The first-order valence-corrected chi connectivity index (χ1v) is 15.5. The van der Waals surface area contributed by atoms with Gasteiger partial charge in [0, 0.05) is 29.9 Å². The minimum Gasteiger partial charge on any atom is -0.481 e. The molecule has 2 bridgehead atoms. The van der Waals surface area contributed by atoms with Crippen LogP contribution in [0.3, 0.4) is 0 Å². The second-order valence-corrected chi connectivity index (χ2v) is 14.3. The molecular weight excluding hydrogens is 494 g/mol. The van der Waals surface area contributed by atoms with Crippen LogP contribution in [0.5, 0.6) is 0 Å². The van der Waals surface area contributed by atoms with Crippen molar-refractivity contribution in [3.8, 4) is 0 Å². The van der Waals surface area contributed by atoms with E-state index in [1.807, 2.05) is 6.08 Å². The van der Waals surface area contributed by atoms with Crippen molar-refractivity contribution in [1.29, 1.82) is 0 Å².